The summed E-state index contributed by atoms with van der Waals surface area (Å²) in [5.74, 6) is 0.643. The van der Waals surface area contributed by atoms with E-state index in [1.54, 1.807) is 11.0 Å². The van der Waals surface area contributed by atoms with E-state index in [-0.39, 0.29) is 18.5 Å². The lowest BCUT2D eigenvalue weighted by molar-refractivity contribution is 0.152. The molecule has 5 heteroatoms. The van der Waals surface area contributed by atoms with Gasteiger partial charge < -0.3 is 10.2 Å². The van der Waals surface area contributed by atoms with E-state index in [1.807, 2.05) is 0 Å². The predicted octanol–water partition coefficient (Wildman–Crippen LogP) is 1.71. The number of nitrogens with zero attached hydrogens (tertiary/aromatic N) is 1. The highest BCUT2D eigenvalue weighted by Crippen LogP contribution is 2.27. The van der Waals surface area contributed by atoms with Crippen LogP contribution in [0.4, 0.5) is 13.6 Å². The molecule has 1 aromatic carbocycles. The van der Waals surface area contributed by atoms with E-state index >= 15 is 0 Å². The molecule has 0 aromatic heterocycles. The fourth-order valence-corrected chi connectivity index (χ4v) is 1.86. The Morgan fingerprint density at radius 1 is 1.44 bits per heavy atom. The van der Waals surface area contributed by atoms with Crippen LogP contribution in [0.25, 0.3) is 0 Å². The van der Waals surface area contributed by atoms with Gasteiger partial charge in [-0.1, -0.05) is 12.0 Å². The Morgan fingerprint density at radius 3 is 2.78 bits per heavy atom. The monoisotopic (exact) mass is 250 g/mol. The van der Waals surface area contributed by atoms with Crippen molar-refractivity contribution in [3.63, 3.8) is 0 Å². The zero-order chi connectivity index (χ0) is 13.1. The van der Waals surface area contributed by atoms with Crippen molar-refractivity contribution in [3.8, 4) is 12.3 Å². The SMILES string of the molecule is C#CCNC(=O)N1CC(c2ccc(F)c(F)c2)C1. The molecule has 1 N–H and O–H groups in total. The van der Waals surface area contributed by atoms with Crippen molar-refractivity contribution in [2.75, 3.05) is 19.6 Å². The first kappa shape index (κ1) is 12.4. The molecule has 1 heterocycles. The summed E-state index contributed by atoms with van der Waals surface area (Å²) in [5, 5.41) is 2.54. The lowest BCUT2D eigenvalue weighted by Gasteiger charge is -2.39. The smallest absolute Gasteiger partial charge is 0.318 e. The molecule has 1 aliphatic heterocycles. The number of rotatable bonds is 2. The van der Waals surface area contributed by atoms with Gasteiger partial charge in [0.05, 0.1) is 6.54 Å². The van der Waals surface area contributed by atoms with E-state index in [0.717, 1.165) is 6.07 Å². The maximum absolute atomic E-state index is 13.0. The third kappa shape index (κ3) is 2.43. The molecular weight excluding hydrogens is 238 g/mol. The topological polar surface area (TPSA) is 32.3 Å². The van der Waals surface area contributed by atoms with Gasteiger partial charge in [-0.3, -0.25) is 0 Å². The van der Waals surface area contributed by atoms with Crippen molar-refractivity contribution < 1.29 is 13.6 Å². The predicted molar refractivity (Wildman–Crippen MR) is 62.9 cm³/mol. The molecule has 94 valence electrons. The second-order valence-corrected chi connectivity index (χ2v) is 4.14. The number of likely N-dealkylation sites (tertiary alicyclic amines) is 1. The third-order valence-electron chi connectivity index (χ3n) is 2.93. The van der Waals surface area contributed by atoms with Crippen LogP contribution in [0.1, 0.15) is 11.5 Å². The first-order valence-electron chi connectivity index (χ1n) is 5.53. The number of urea groups is 1. The summed E-state index contributed by atoms with van der Waals surface area (Å²) in [4.78, 5) is 13.0. The Balaban J connectivity index is 1.91. The Kier molecular flexibility index (Phi) is 3.47. The zero-order valence-electron chi connectivity index (χ0n) is 9.62. The highest BCUT2D eigenvalue weighted by Gasteiger charge is 2.31. The summed E-state index contributed by atoms with van der Waals surface area (Å²) in [6.07, 6.45) is 5.03. The molecule has 18 heavy (non-hydrogen) atoms. The molecular formula is C13H12F2N2O. The van der Waals surface area contributed by atoms with Crippen LogP contribution >= 0.6 is 0 Å². The lowest BCUT2D eigenvalue weighted by Crippen LogP contribution is -2.52. The molecule has 2 rings (SSSR count). The average molecular weight is 250 g/mol. The van der Waals surface area contributed by atoms with Crippen LogP contribution in [0.5, 0.6) is 0 Å². The quantitative estimate of drug-likeness (QED) is 0.796. The molecule has 0 spiro atoms. The third-order valence-corrected chi connectivity index (χ3v) is 2.93. The first-order valence-corrected chi connectivity index (χ1v) is 5.53. The van der Waals surface area contributed by atoms with Crippen LogP contribution in [0.3, 0.4) is 0 Å². The van der Waals surface area contributed by atoms with Crippen LogP contribution in [0, 0.1) is 24.0 Å². The molecule has 0 atom stereocenters. The van der Waals surface area contributed by atoms with Gasteiger partial charge in [-0.25, -0.2) is 13.6 Å². The van der Waals surface area contributed by atoms with Gasteiger partial charge in [0, 0.05) is 19.0 Å². The minimum Gasteiger partial charge on any atom is -0.327 e. The highest BCUT2D eigenvalue weighted by atomic mass is 19.2. The van der Waals surface area contributed by atoms with Crippen molar-refractivity contribution in [2.45, 2.75) is 5.92 Å². The second-order valence-electron chi connectivity index (χ2n) is 4.14. The zero-order valence-corrected chi connectivity index (χ0v) is 9.62. The highest BCUT2D eigenvalue weighted by molar-refractivity contribution is 5.75. The number of terminal acetylenes is 1. The van der Waals surface area contributed by atoms with Crippen LogP contribution in [0.15, 0.2) is 18.2 Å². The van der Waals surface area contributed by atoms with Gasteiger partial charge in [0.2, 0.25) is 0 Å². The maximum Gasteiger partial charge on any atom is 0.318 e. The standard InChI is InChI=1S/C13H12F2N2O/c1-2-5-16-13(18)17-7-10(8-17)9-3-4-11(14)12(15)6-9/h1,3-4,6,10H,5,7-8H2,(H,16,18). The van der Waals surface area contributed by atoms with Gasteiger partial charge in [-0.2, -0.15) is 0 Å². The van der Waals surface area contributed by atoms with E-state index in [0.29, 0.717) is 18.7 Å². The number of amides is 2. The second kappa shape index (κ2) is 5.05. The van der Waals surface area contributed by atoms with Gasteiger partial charge in [-0.15, -0.1) is 6.42 Å². The molecule has 2 amide bonds. The van der Waals surface area contributed by atoms with Gasteiger partial charge >= 0.3 is 6.03 Å². The maximum atomic E-state index is 13.0. The van der Waals surface area contributed by atoms with Crippen molar-refractivity contribution in [1.82, 2.24) is 10.2 Å². The number of nitrogens with one attached hydrogen (secondary N) is 1. The number of carbonyl (C=O) groups is 1. The van der Waals surface area contributed by atoms with Crippen molar-refractivity contribution >= 4 is 6.03 Å². The summed E-state index contributed by atoms with van der Waals surface area (Å²) in [6, 6.07) is 3.59. The minimum absolute atomic E-state index is 0.0525. The molecule has 1 fully saturated rings. The number of hydrogen-bond acceptors (Lipinski definition) is 1. The van der Waals surface area contributed by atoms with Gasteiger partial charge in [-0.05, 0) is 17.7 Å². The van der Waals surface area contributed by atoms with E-state index < -0.39 is 11.6 Å². The van der Waals surface area contributed by atoms with Crippen LogP contribution in [-0.4, -0.2) is 30.6 Å². The number of benzene rings is 1. The summed E-state index contributed by atoms with van der Waals surface area (Å²) >= 11 is 0. The van der Waals surface area contributed by atoms with Gasteiger partial charge in [0.15, 0.2) is 11.6 Å². The molecule has 0 radical (unpaired) electrons. The van der Waals surface area contributed by atoms with E-state index in [4.69, 9.17) is 6.42 Å². The largest absolute Gasteiger partial charge is 0.327 e. The van der Waals surface area contributed by atoms with E-state index in [2.05, 4.69) is 11.2 Å². The van der Waals surface area contributed by atoms with Crippen LogP contribution in [0.2, 0.25) is 0 Å². The summed E-state index contributed by atoms with van der Waals surface area (Å²) < 4.78 is 25.8. The number of halogens is 2. The van der Waals surface area contributed by atoms with Crippen LogP contribution in [-0.2, 0) is 0 Å². The van der Waals surface area contributed by atoms with Gasteiger partial charge in [0.1, 0.15) is 0 Å². The van der Waals surface area contributed by atoms with E-state index in [9.17, 15) is 13.6 Å². The molecule has 0 saturated carbocycles. The fourth-order valence-electron chi connectivity index (χ4n) is 1.86. The minimum atomic E-state index is -0.860. The number of carbonyl (C=O) groups excluding carboxylic acids is 1. The van der Waals surface area contributed by atoms with Crippen LogP contribution < -0.4 is 5.32 Å². The molecule has 0 aliphatic carbocycles. The summed E-state index contributed by atoms with van der Waals surface area (Å²) in [5.41, 5.74) is 0.704. The van der Waals surface area contributed by atoms with Crippen molar-refractivity contribution in [2.24, 2.45) is 0 Å². The average Bonchev–Trinajstić information content (AvgIpc) is 2.29. The molecule has 0 unspecified atom stereocenters. The molecule has 0 bridgehead atoms. The Morgan fingerprint density at radius 2 is 2.17 bits per heavy atom. The molecule has 3 nitrogen and oxygen atoms in total. The Labute approximate surface area is 104 Å². The fraction of sp³-hybridized carbons (Fsp3) is 0.308. The molecule has 1 aromatic rings. The Bertz CT molecular complexity index is 504. The number of hydrogen-bond donors (Lipinski definition) is 1. The van der Waals surface area contributed by atoms with Crippen molar-refractivity contribution in [1.29, 1.82) is 0 Å². The first-order chi connectivity index (χ1) is 8.61. The summed E-state index contributed by atoms with van der Waals surface area (Å²) in [6.45, 7) is 1.16. The normalized spacial score (nSPS) is 14.8. The Hall–Kier alpha value is -2.09. The lowest BCUT2D eigenvalue weighted by atomic mass is 9.92. The summed E-state index contributed by atoms with van der Waals surface area (Å²) in [7, 11) is 0. The van der Waals surface area contributed by atoms with Crippen molar-refractivity contribution in [3.05, 3.63) is 35.4 Å². The van der Waals surface area contributed by atoms with E-state index in [1.165, 1.54) is 6.07 Å². The molecule has 1 aliphatic rings. The molecule has 1 saturated heterocycles. The van der Waals surface area contributed by atoms with Gasteiger partial charge in [0.25, 0.3) is 0 Å².